The molecule has 0 aliphatic heterocycles. The summed E-state index contributed by atoms with van der Waals surface area (Å²) >= 11 is 2.41. The third kappa shape index (κ3) is 4.49. The molecule has 0 radical (unpaired) electrons. The van der Waals surface area contributed by atoms with Gasteiger partial charge in [0.1, 0.15) is 16.5 Å². The first-order valence-corrected chi connectivity index (χ1v) is 11.4. The van der Waals surface area contributed by atoms with Crippen LogP contribution in [-0.4, -0.2) is 21.2 Å². The summed E-state index contributed by atoms with van der Waals surface area (Å²) in [6.45, 7) is 3.93. The lowest BCUT2D eigenvalue weighted by molar-refractivity contribution is -0.113. The molecule has 0 unspecified atom stereocenters. The summed E-state index contributed by atoms with van der Waals surface area (Å²) in [5.41, 5.74) is 1.39. The average molecular weight is 470 g/mol. The monoisotopic (exact) mass is 469 g/mol. The summed E-state index contributed by atoms with van der Waals surface area (Å²) < 4.78 is 28.3. The van der Waals surface area contributed by atoms with Gasteiger partial charge in [-0.1, -0.05) is 48.2 Å². The number of thioether (sulfide) groups is 1. The number of amides is 1. The minimum atomic E-state index is -0.863. The molecular formula is C23H17F2N3O2S2. The van der Waals surface area contributed by atoms with E-state index in [-0.39, 0.29) is 23.5 Å². The van der Waals surface area contributed by atoms with Crippen LogP contribution in [0.25, 0.3) is 21.3 Å². The number of anilines is 1. The van der Waals surface area contributed by atoms with E-state index in [1.54, 1.807) is 6.08 Å². The van der Waals surface area contributed by atoms with Crippen LogP contribution < -0.4 is 10.9 Å². The first kappa shape index (κ1) is 21.9. The number of rotatable bonds is 7. The van der Waals surface area contributed by atoms with E-state index in [1.807, 2.05) is 35.7 Å². The summed E-state index contributed by atoms with van der Waals surface area (Å²) in [5, 5.41) is 5.17. The third-order valence-electron chi connectivity index (χ3n) is 4.59. The van der Waals surface area contributed by atoms with Gasteiger partial charge in [-0.2, -0.15) is 0 Å². The Labute approximate surface area is 190 Å². The molecule has 2 aromatic heterocycles. The Bertz CT molecular complexity index is 1370. The van der Waals surface area contributed by atoms with Gasteiger partial charge >= 0.3 is 0 Å². The molecule has 0 atom stereocenters. The van der Waals surface area contributed by atoms with Crippen molar-refractivity contribution in [3.05, 3.63) is 88.6 Å². The van der Waals surface area contributed by atoms with Crippen LogP contribution in [0.3, 0.4) is 0 Å². The number of thiophene rings is 1. The van der Waals surface area contributed by atoms with Gasteiger partial charge in [0.15, 0.2) is 5.16 Å². The molecule has 0 aliphatic carbocycles. The first-order chi connectivity index (χ1) is 15.5. The molecule has 162 valence electrons. The number of fused-ring (bicyclic) bond motifs is 1. The van der Waals surface area contributed by atoms with E-state index in [9.17, 15) is 18.4 Å². The van der Waals surface area contributed by atoms with Crippen LogP contribution in [0.5, 0.6) is 0 Å². The number of hydrogen-bond donors (Lipinski definition) is 1. The molecule has 5 nitrogen and oxygen atoms in total. The van der Waals surface area contributed by atoms with Gasteiger partial charge in [0.2, 0.25) is 5.91 Å². The highest BCUT2D eigenvalue weighted by Gasteiger charge is 2.18. The summed E-state index contributed by atoms with van der Waals surface area (Å²) in [4.78, 5) is 30.8. The van der Waals surface area contributed by atoms with E-state index < -0.39 is 17.5 Å². The maximum Gasteiger partial charge on any atom is 0.263 e. The van der Waals surface area contributed by atoms with Crippen LogP contribution >= 0.6 is 23.1 Å². The van der Waals surface area contributed by atoms with Crippen molar-refractivity contribution >= 4 is 44.9 Å². The molecule has 1 N–H and O–H groups in total. The topological polar surface area (TPSA) is 64.0 Å². The SMILES string of the molecule is C=CCn1c(SCC(=O)Nc2ccc(F)cc2F)nc2scc(-c3ccccc3)c2c1=O. The molecule has 0 spiro atoms. The number of halogens is 2. The van der Waals surface area contributed by atoms with E-state index in [1.165, 1.54) is 15.9 Å². The number of nitrogens with zero attached hydrogens (tertiary/aromatic N) is 2. The molecule has 0 aliphatic rings. The fourth-order valence-corrected chi connectivity index (χ4v) is 4.94. The van der Waals surface area contributed by atoms with E-state index in [0.29, 0.717) is 21.4 Å². The molecule has 0 bridgehead atoms. The van der Waals surface area contributed by atoms with Gasteiger partial charge in [0, 0.05) is 23.6 Å². The molecule has 0 saturated heterocycles. The van der Waals surface area contributed by atoms with Gasteiger partial charge in [-0.25, -0.2) is 13.8 Å². The van der Waals surface area contributed by atoms with Crippen molar-refractivity contribution in [3.63, 3.8) is 0 Å². The molecule has 4 rings (SSSR count). The van der Waals surface area contributed by atoms with Gasteiger partial charge in [0.25, 0.3) is 5.56 Å². The highest BCUT2D eigenvalue weighted by molar-refractivity contribution is 7.99. The number of carbonyl (C=O) groups is 1. The molecule has 0 fully saturated rings. The molecule has 4 aromatic rings. The Hall–Kier alpha value is -3.30. The maximum absolute atomic E-state index is 13.8. The predicted octanol–water partition coefficient (Wildman–Crippen LogP) is 5.32. The number of nitrogens with one attached hydrogen (secondary N) is 1. The summed E-state index contributed by atoms with van der Waals surface area (Å²) in [6, 6.07) is 12.5. The number of hydrogen-bond acceptors (Lipinski definition) is 5. The molecule has 9 heteroatoms. The maximum atomic E-state index is 13.8. The van der Waals surface area contributed by atoms with E-state index in [4.69, 9.17) is 0 Å². The smallest absolute Gasteiger partial charge is 0.263 e. The Kier molecular flexibility index (Phi) is 6.48. The molecule has 0 saturated carbocycles. The van der Waals surface area contributed by atoms with Crippen molar-refractivity contribution in [2.24, 2.45) is 0 Å². The van der Waals surface area contributed by atoms with Gasteiger partial charge in [0.05, 0.1) is 16.8 Å². The highest BCUT2D eigenvalue weighted by atomic mass is 32.2. The van der Waals surface area contributed by atoms with Crippen LogP contribution in [0.4, 0.5) is 14.5 Å². The van der Waals surface area contributed by atoms with Crippen molar-refractivity contribution in [1.29, 1.82) is 0 Å². The zero-order chi connectivity index (χ0) is 22.7. The minimum absolute atomic E-state index is 0.108. The van der Waals surface area contributed by atoms with E-state index in [0.717, 1.165) is 35.0 Å². The summed E-state index contributed by atoms with van der Waals surface area (Å²) in [6.07, 6.45) is 1.58. The number of allylic oxidation sites excluding steroid dienone is 1. The van der Waals surface area contributed by atoms with Gasteiger partial charge in [-0.15, -0.1) is 17.9 Å². The second kappa shape index (κ2) is 9.46. The van der Waals surface area contributed by atoms with E-state index >= 15 is 0 Å². The fraction of sp³-hybridized carbons (Fsp3) is 0.0870. The van der Waals surface area contributed by atoms with Crippen molar-refractivity contribution in [3.8, 4) is 11.1 Å². The molecular weight excluding hydrogens is 452 g/mol. The Balaban J connectivity index is 1.62. The predicted molar refractivity (Wildman–Crippen MR) is 125 cm³/mol. The zero-order valence-electron chi connectivity index (χ0n) is 16.7. The van der Waals surface area contributed by atoms with Gasteiger partial charge in [-0.05, 0) is 17.7 Å². The second-order valence-electron chi connectivity index (χ2n) is 6.76. The minimum Gasteiger partial charge on any atom is -0.323 e. The zero-order valence-corrected chi connectivity index (χ0v) is 18.3. The quantitative estimate of drug-likeness (QED) is 0.226. The van der Waals surface area contributed by atoms with Gasteiger partial charge < -0.3 is 5.32 Å². The molecule has 2 heterocycles. The van der Waals surface area contributed by atoms with Crippen molar-refractivity contribution < 1.29 is 13.6 Å². The standard InChI is InChI=1S/C23H17F2N3O2S2/c1-2-10-28-22(30)20-16(14-6-4-3-5-7-14)12-31-21(20)27-23(28)32-13-19(29)26-18-9-8-15(24)11-17(18)25/h2-9,11-12H,1,10,13H2,(H,26,29). The fourth-order valence-electron chi connectivity index (χ4n) is 3.14. The van der Waals surface area contributed by atoms with Crippen LogP contribution in [-0.2, 0) is 11.3 Å². The Morgan fingerprint density at radius 1 is 1.22 bits per heavy atom. The van der Waals surface area contributed by atoms with Gasteiger partial charge in [-0.3, -0.25) is 14.2 Å². The lowest BCUT2D eigenvalue weighted by atomic mass is 10.1. The Morgan fingerprint density at radius 2 is 2.00 bits per heavy atom. The third-order valence-corrected chi connectivity index (χ3v) is 6.44. The Morgan fingerprint density at radius 3 is 2.72 bits per heavy atom. The van der Waals surface area contributed by atoms with Crippen molar-refractivity contribution in [1.82, 2.24) is 9.55 Å². The van der Waals surface area contributed by atoms with Crippen LogP contribution in [0.1, 0.15) is 0 Å². The van der Waals surface area contributed by atoms with Crippen LogP contribution in [0, 0.1) is 11.6 Å². The summed E-state index contributed by atoms with van der Waals surface area (Å²) in [5.74, 6) is -2.20. The van der Waals surface area contributed by atoms with Crippen LogP contribution in [0.15, 0.2) is 76.5 Å². The normalized spacial score (nSPS) is 10.9. The number of carbonyl (C=O) groups excluding carboxylic acids is 1. The first-order valence-electron chi connectivity index (χ1n) is 9.54. The molecule has 32 heavy (non-hydrogen) atoms. The lowest BCUT2D eigenvalue weighted by Gasteiger charge is -2.11. The largest absolute Gasteiger partial charge is 0.323 e. The van der Waals surface area contributed by atoms with Crippen molar-refractivity contribution in [2.45, 2.75) is 11.7 Å². The number of aromatic nitrogens is 2. The van der Waals surface area contributed by atoms with Crippen LogP contribution in [0.2, 0.25) is 0 Å². The van der Waals surface area contributed by atoms with E-state index in [2.05, 4.69) is 16.9 Å². The summed E-state index contributed by atoms with van der Waals surface area (Å²) in [7, 11) is 0. The molecule has 1 amide bonds. The number of benzene rings is 2. The second-order valence-corrected chi connectivity index (χ2v) is 8.56. The van der Waals surface area contributed by atoms with Crippen molar-refractivity contribution in [2.75, 3.05) is 11.1 Å². The highest BCUT2D eigenvalue weighted by Crippen LogP contribution is 2.32. The molecule has 2 aromatic carbocycles. The lowest BCUT2D eigenvalue weighted by Crippen LogP contribution is -2.23. The average Bonchev–Trinajstić information content (AvgIpc) is 3.21.